The first-order valence-corrected chi connectivity index (χ1v) is 8.49. The van der Waals surface area contributed by atoms with Crippen LogP contribution in [-0.2, 0) is 0 Å². The Morgan fingerprint density at radius 1 is 0.947 bits per heavy atom. The van der Waals surface area contributed by atoms with Gasteiger partial charge in [0, 0.05) is 16.9 Å². The number of hydrogen-bond acceptors (Lipinski definition) is 2. The van der Waals surface area contributed by atoms with Gasteiger partial charge in [-0.1, -0.05) is 45.4 Å². The molecule has 1 aromatic heterocycles. The van der Waals surface area contributed by atoms with Crippen molar-refractivity contribution in [2.24, 2.45) is 0 Å². The molecule has 2 heteroatoms. The summed E-state index contributed by atoms with van der Waals surface area (Å²) in [6.07, 6.45) is 9.61. The van der Waals surface area contributed by atoms with Crippen LogP contribution >= 0.6 is 11.3 Å². The fraction of sp³-hybridized carbons (Fsp3) is 0.529. The van der Waals surface area contributed by atoms with Gasteiger partial charge in [-0.3, -0.25) is 0 Å². The molecule has 0 aliphatic rings. The van der Waals surface area contributed by atoms with E-state index in [0.717, 1.165) is 6.54 Å². The van der Waals surface area contributed by atoms with Crippen molar-refractivity contribution in [3.63, 3.8) is 0 Å². The average Bonchev–Trinajstić information content (AvgIpc) is 2.89. The summed E-state index contributed by atoms with van der Waals surface area (Å²) < 4.78 is 1.38. The van der Waals surface area contributed by atoms with Crippen molar-refractivity contribution >= 4 is 27.1 Å². The fourth-order valence-corrected chi connectivity index (χ4v) is 3.16. The Kier molecular flexibility index (Phi) is 6.22. The molecule has 0 bridgehead atoms. The standard InChI is InChI=1S/C17H25NS/c1-2-3-4-5-6-7-8-12-18-16-9-10-17-15(14-16)11-13-19-17/h9-11,13-14,18H,2-8,12H2,1H3. The minimum Gasteiger partial charge on any atom is -0.385 e. The molecular weight excluding hydrogens is 250 g/mol. The second-order valence-corrected chi connectivity index (χ2v) is 6.17. The van der Waals surface area contributed by atoms with Gasteiger partial charge in [0.15, 0.2) is 0 Å². The molecule has 0 atom stereocenters. The molecule has 0 fully saturated rings. The molecule has 19 heavy (non-hydrogen) atoms. The van der Waals surface area contributed by atoms with E-state index in [1.54, 1.807) is 0 Å². The van der Waals surface area contributed by atoms with Crippen LogP contribution in [0.3, 0.4) is 0 Å². The first-order valence-electron chi connectivity index (χ1n) is 7.61. The second-order valence-electron chi connectivity index (χ2n) is 5.22. The maximum Gasteiger partial charge on any atom is 0.0347 e. The number of nitrogens with one attached hydrogen (secondary N) is 1. The van der Waals surface area contributed by atoms with Gasteiger partial charge in [0.1, 0.15) is 0 Å². The highest BCUT2D eigenvalue weighted by atomic mass is 32.1. The highest BCUT2D eigenvalue weighted by Gasteiger charge is 1.97. The molecule has 0 spiro atoms. The molecule has 0 amide bonds. The van der Waals surface area contributed by atoms with Crippen molar-refractivity contribution in [3.8, 4) is 0 Å². The van der Waals surface area contributed by atoms with Gasteiger partial charge >= 0.3 is 0 Å². The van der Waals surface area contributed by atoms with Crippen LogP contribution in [0.4, 0.5) is 5.69 Å². The molecule has 1 heterocycles. The summed E-state index contributed by atoms with van der Waals surface area (Å²) in [5.41, 5.74) is 1.26. The van der Waals surface area contributed by atoms with Crippen molar-refractivity contribution in [3.05, 3.63) is 29.6 Å². The normalized spacial score (nSPS) is 11.0. The van der Waals surface area contributed by atoms with Crippen molar-refractivity contribution < 1.29 is 0 Å². The zero-order valence-corrected chi connectivity index (χ0v) is 12.8. The molecule has 1 N–H and O–H groups in total. The van der Waals surface area contributed by atoms with Crippen LogP contribution in [0.15, 0.2) is 29.6 Å². The number of hydrogen-bond donors (Lipinski definition) is 1. The van der Waals surface area contributed by atoms with Crippen LogP contribution in [0.2, 0.25) is 0 Å². The molecule has 2 rings (SSSR count). The molecule has 0 radical (unpaired) electrons. The molecule has 1 aromatic carbocycles. The van der Waals surface area contributed by atoms with Crippen LogP contribution in [-0.4, -0.2) is 6.54 Å². The van der Waals surface area contributed by atoms with Crippen molar-refractivity contribution in [2.45, 2.75) is 51.9 Å². The van der Waals surface area contributed by atoms with Crippen LogP contribution in [0, 0.1) is 0 Å². The third-order valence-corrected chi connectivity index (χ3v) is 4.46. The SMILES string of the molecule is CCCCCCCCCNc1ccc2sccc2c1. The first-order chi connectivity index (χ1) is 9.40. The number of rotatable bonds is 9. The Hall–Kier alpha value is -1.02. The average molecular weight is 275 g/mol. The summed E-state index contributed by atoms with van der Waals surface area (Å²) in [4.78, 5) is 0. The zero-order valence-electron chi connectivity index (χ0n) is 12.0. The van der Waals surface area contributed by atoms with Gasteiger partial charge in [-0.25, -0.2) is 0 Å². The number of unbranched alkanes of at least 4 members (excludes halogenated alkanes) is 6. The Bertz CT molecular complexity index is 475. The molecule has 0 saturated carbocycles. The van der Waals surface area contributed by atoms with E-state index in [9.17, 15) is 0 Å². The first kappa shape index (κ1) is 14.4. The molecule has 2 aromatic rings. The van der Waals surface area contributed by atoms with E-state index in [-0.39, 0.29) is 0 Å². The van der Waals surface area contributed by atoms with Gasteiger partial charge in [0.05, 0.1) is 0 Å². The van der Waals surface area contributed by atoms with Gasteiger partial charge in [0.25, 0.3) is 0 Å². The summed E-state index contributed by atoms with van der Waals surface area (Å²) in [6.45, 7) is 3.37. The van der Waals surface area contributed by atoms with Crippen LogP contribution in [0.25, 0.3) is 10.1 Å². The van der Waals surface area contributed by atoms with Crippen LogP contribution in [0.5, 0.6) is 0 Å². The summed E-state index contributed by atoms with van der Waals surface area (Å²) in [7, 11) is 0. The van der Waals surface area contributed by atoms with Gasteiger partial charge < -0.3 is 5.32 Å². The predicted octanol–water partition coefficient (Wildman–Crippen LogP) is 6.06. The summed E-state index contributed by atoms with van der Waals surface area (Å²) >= 11 is 1.81. The minimum absolute atomic E-state index is 1.10. The van der Waals surface area contributed by atoms with E-state index in [1.807, 2.05) is 11.3 Å². The monoisotopic (exact) mass is 275 g/mol. The Morgan fingerprint density at radius 3 is 2.58 bits per heavy atom. The zero-order chi connectivity index (χ0) is 13.3. The maximum absolute atomic E-state index is 3.53. The molecule has 1 nitrogen and oxygen atoms in total. The summed E-state index contributed by atoms with van der Waals surface area (Å²) in [6, 6.07) is 8.86. The van der Waals surface area contributed by atoms with Crippen molar-refractivity contribution in [1.82, 2.24) is 0 Å². The van der Waals surface area contributed by atoms with Crippen LogP contribution < -0.4 is 5.32 Å². The Balaban J connectivity index is 1.60. The highest BCUT2D eigenvalue weighted by Crippen LogP contribution is 2.23. The lowest BCUT2D eigenvalue weighted by Gasteiger charge is -2.06. The number of thiophene rings is 1. The van der Waals surface area contributed by atoms with Crippen molar-refractivity contribution in [1.29, 1.82) is 0 Å². The van der Waals surface area contributed by atoms with Gasteiger partial charge in [-0.2, -0.15) is 0 Å². The largest absolute Gasteiger partial charge is 0.385 e. The van der Waals surface area contributed by atoms with E-state index in [1.165, 1.54) is 60.7 Å². The van der Waals surface area contributed by atoms with E-state index in [4.69, 9.17) is 0 Å². The smallest absolute Gasteiger partial charge is 0.0347 e. The Labute approximate surface area is 121 Å². The number of fused-ring (bicyclic) bond motifs is 1. The lowest BCUT2D eigenvalue weighted by Crippen LogP contribution is -2.00. The van der Waals surface area contributed by atoms with Gasteiger partial charge in [0.2, 0.25) is 0 Å². The molecule has 0 aliphatic carbocycles. The third-order valence-electron chi connectivity index (χ3n) is 3.56. The van der Waals surface area contributed by atoms with Gasteiger partial charge in [-0.15, -0.1) is 11.3 Å². The van der Waals surface area contributed by atoms with E-state index in [0.29, 0.717) is 0 Å². The van der Waals surface area contributed by atoms with E-state index >= 15 is 0 Å². The van der Waals surface area contributed by atoms with Gasteiger partial charge in [-0.05, 0) is 41.5 Å². The molecular formula is C17H25NS. The van der Waals surface area contributed by atoms with Crippen molar-refractivity contribution in [2.75, 3.05) is 11.9 Å². The predicted molar refractivity (Wildman–Crippen MR) is 88.3 cm³/mol. The molecule has 0 saturated heterocycles. The molecule has 0 aliphatic heterocycles. The topological polar surface area (TPSA) is 12.0 Å². The molecule has 104 valence electrons. The number of benzene rings is 1. The summed E-state index contributed by atoms with van der Waals surface area (Å²) in [5.74, 6) is 0. The fourth-order valence-electron chi connectivity index (χ4n) is 2.39. The highest BCUT2D eigenvalue weighted by molar-refractivity contribution is 7.17. The number of anilines is 1. The quantitative estimate of drug-likeness (QED) is 0.548. The third kappa shape index (κ3) is 4.87. The van der Waals surface area contributed by atoms with E-state index < -0.39 is 0 Å². The van der Waals surface area contributed by atoms with E-state index in [2.05, 4.69) is 41.9 Å². The van der Waals surface area contributed by atoms with Crippen LogP contribution in [0.1, 0.15) is 51.9 Å². The lowest BCUT2D eigenvalue weighted by molar-refractivity contribution is 0.596. The summed E-state index contributed by atoms with van der Waals surface area (Å²) in [5, 5.41) is 7.05. The maximum atomic E-state index is 3.53. The second kappa shape index (κ2) is 8.21. The molecule has 0 unspecified atom stereocenters. The lowest BCUT2D eigenvalue weighted by atomic mass is 10.1. The Morgan fingerprint density at radius 2 is 1.74 bits per heavy atom. The minimum atomic E-state index is 1.10.